The van der Waals surface area contributed by atoms with Crippen molar-refractivity contribution in [1.82, 2.24) is 9.88 Å². The number of amides is 2. The van der Waals surface area contributed by atoms with Crippen LogP contribution >= 0.6 is 22.9 Å². The first-order valence-corrected chi connectivity index (χ1v) is 14.5. The van der Waals surface area contributed by atoms with Gasteiger partial charge in [0, 0.05) is 41.8 Å². The Morgan fingerprint density at radius 3 is 2.50 bits per heavy atom. The second-order valence-electron chi connectivity index (χ2n) is 9.74. The minimum atomic E-state index is -1.38. The zero-order chi connectivity index (χ0) is 29.6. The molecule has 0 aliphatic heterocycles. The third kappa shape index (κ3) is 6.76. The second-order valence-corrected chi connectivity index (χ2v) is 11.2. The Bertz CT molecular complexity index is 1710. The number of nitrogens with one attached hydrogen (secondary N) is 1. The number of carbonyl (C=O) groups excluding carboxylic acids is 2. The molecule has 0 aliphatic rings. The van der Waals surface area contributed by atoms with Gasteiger partial charge in [0.2, 0.25) is 11.8 Å². The number of thiophene rings is 1. The van der Waals surface area contributed by atoms with Crippen LogP contribution in [0.1, 0.15) is 17.0 Å². The Labute approximate surface area is 251 Å². The number of primary amides is 1. The lowest BCUT2D eigenvalue weighted by Gasteiger charge is -2.15. The molecular weight excluding hydrogens is 575 g/mol. The first-order valence-electron chi connectivity index (χ1n) is 13.2. The fraction of sp³-hybridized carbons (Fsp3) is 0.156. The molecule has 10 heteroatoms. The maximum Gasteiger partial charge on any atom is 0.241 e. The topological polar surface area (TPSA) is 97.6 Å². The highest BCUT2D eigenvalue weighted by Crippen LogP contribution is 2.40. The van der Waals surface area contributed by atoms with Gasteiger partial charge in [-0.15, -0.1) is 22.9 Å². The van der Waals surface area contributed by atoms with Crippen LogP contribution in [0, 0.1) is 5.82 Å². The molecule has 0 bridgehead atoms. The van der Waals surface area contributed by atoms with E-state index in [2.05, 4.69) is 39.5 Å². The van der Waals surface area contributed by atoms with Crippen molar-refractivity contribution in [1.29, 1.82) is 0 Å². The predicted octanol–water partition coefficient (Wildman–Crippen LogP) is 6.77. The van der Waals surface area contributed by atoms with Crippen molar-refractivity contribution in [3.63, 3.8) is 0 Å². The van der Waals surface area contributed by atoms with Crippen LogP contribution in [0.5, 0.6) is 11.5 Å². The zero-order valence-electron chi connectivity index (χ0n) is 22.7. The summed E-state index contributed by atoms with van der Waals surface area (Å²) >= 11 is 7.33. The molecule has 5 aromatic rings. The first-order chi connectivity index (χ1) is 20.3. The van der Waals surface area contributed by atoms with E-state index in [0.717, 1.165) is 39.8 Å². The average molecular weight is 603 g/mol. The van der Waals surface area contributed by atoms with Gasteiger partial charge < -0.3 is 20.7 Å². The van der Waals surface area contributed by atoms with Crippen molar-refractivity contribution >= 4 is 50.7 Å². The molecule has 0 radical (unpaired) electrons. The Hall–Kier alpha value is -4.31. The lowest BCUT2D eigenvalue weighted by molar-refractivity contribution is -0.127. The van der Waals surface area contributed by atoms with Crippen LogP contribution in [0.3, 0.4) is 0 Å². The van der Waals surface area contributed by atoms with E-state index in [-0.39, 0.29) is 11.3 Å². The SMILES string of the molecule is CN(CCCl)Cc1ccc(-c2cc3nccc(Oc4ccc(C(C(N)=O)C(=O)Nc5ccccc5)cc4F)c3s2)cc1. The largest absolute Gasteiger partial charge is 0.453 e. The summed E-state index contributed by atoms with van der Waals surface area (Å²) in [5.41, 5.74) is 9.09. The second kappa shape index (κ2) is 13.1. The average Bonchev–Trinajstić information content (AvgIpc) is 3.41. The number of rotatable bonds is 11. The van der Waals surface area contributed by atoms with E-state index in [0.29, 0.717) is 17.3 Å². The van der Waals surface area contributed by atoms with Crippen LogP contribution in [0.4, 0.5) is 10.1 Å². The normalized spacial score (nSPS) is 11.9. The number of ether oxygens (including phenoxy) is 1. The standard InChI is InChI=1S/C32H28ClFN4O3S/c1-38(16-14-33)19-20-7-9-21(10-8-20)28-18-25-30(42-28)27(13-15-36-25)41-26-12-11-22(17-24(26)34)29(31(35)39)32(40)37-23-5-3-2-4-6-23/h2-13,15,17-18,29H,14,16,19H2,1H3,(H2,35,39)(H,37,40). The third-order valence-electron chi connectivity index (χ3n) is 6.63. The van der Waals surface area contributed by atoms with Crippen molar-refractivity contribution in [3.8, 4) is 21.9 Å². The van der Waals surface area contributed by atoms with Gasteiger partial charge in [0.05, 0.1) is 10.2 Å². The smallest absolute Gasteiger partial charge is 0.241 e. The number of carbonyl (C=O) groups is 2. The first kappa shape index (κ1) is 29.2. The van der Waals surface area contributed by atoms with Gasteiger partial charge in [-0.3, -0.25) is 14.6 Å². The number of hydrogen-bond acceptors (Lipinski definition) is 6. The molecule has 5 rings (SSSR count). The number of alkyl halides is 1. The summed E-state index contributed by atoms with van der Waals surface area (Å²) in [4.78, 5) is 32.6. The summed E-state index contributed by atoms with van der Waals surface area (Å²) in [5.74, 6) is -2.69. The van der Waals surface area contributed by atoms with Crippen LogP contribution in [0.15, 0.2) is 91.1 Å². The van der Waals surface area contributed by atoms with Crippen molar-refractivity contribution in [3.05, 3.63) is 108 Å². The molecule has 214 valence electrons. The number of nitrogens with zero attached hydrogens (tertiary/aromatic N) is 2. The van der Waals surface area contributed by atoms with Gasteiger partial charge in [-0.05, 0) is 54.1 Å². The molecule has 0 spiro atoms. The van der Waals surface area contributed by atoms with Crippen molar-refractivity contribution < 1.29 is 18.7 Å². The quantitative estimate of drug-likeness (QED) is 0.128. The third-order valence-corrected chi connectivity index (χ3v) is 7.99. The monoisotopic (exact) mass is 602 g/mol. The van der Waals surface area contributed by atoms with Crippen molar-refractivity contribution in [2.45, 2.75) is 12.5 Å². The van der Waals surface area contributed by atoms with Crippen molar-refractivity contribution in [2.24, 2.45) is 5.73 Å². The lowest BCUT2D eigenvalue weighted by Crippen LogP contribution is -2.32. The molecule has 42 heavy (non-hydrogen) atoms. The number of para-hydroxylation sites is 1. The minimum absolute atomic E-state index is 0.0571. The molecule has 7 nitrogen and oxygen atoms in total. The van der Waals surface area contributed by atoms with Gasteiger partial charge in [-0.1, -0.05) is 48.5 Å². The fourth-order valence-electron chi connectivity index (χ4n) is 4.53. The van der Waals surface area contributed by atoms with Gasteiger partial charge in [-0.2, -0.15) is 0 Å². The number of anilines is 1. The molecular formula is C32H28ClFN4O3S. The number of halogens is 2. The van der Waals surface area contributed by atoms with Crippen LogP contribution in [-0.4, -0.2) is 41.2 Å². The Kier molecular flexibility index (Phi) is 9.12. The summed E-state index contributed by atoms with van der Waals surface area (Å²) in [6, 6.07) is 24.5. The Morgan fingerprint density at radius 1 is 1.05 bits per heavy atom. The van der Waals surface area contributed by atoms with E-state index < -0.39 is 23.5 Å². The van der Waals surface area contributed by atoms with Crippen LogP contribution in [-0.2, 0) is 16.1 Å². The molecule has 1 unspecified atom stereocenters. The van der Waals surface area contributed by atoms with Gasteiger partial charge in [-0.25, -0.2) is 4.39 Å². The molecule has 3 N–H and O–H groups in total. The van der Waals surface area contributed by atoms with E-state index in [9.17, 15) is 9.59 Å². The number of hydrogen-bond donors (Lipinski definition) is 2. The van der Waals surface area contributed by atoms with Gasteiger partial charge in [0.1, 0.15) is 11.7 Å². The molecule has 1 atom stereocenters. The predicted molar refractivity (Wildman–Crippen MR) is 166 cm³/mol. The van der Waals surface area contributed by atoms with Crippen LogP contribution < -0.4 is 15.8 Å². The van der Waals surface area contributed by atoms with Gasteiger partial charge in [0.15, 0.2) is 11.6 Å². The number of fused-ring (bicyclic) bond motifs is 1. The molecule has 0 saturated carbocycles. The molecule has 3 aromatic carbocycles. The van der Waals surface area contributed by atoms with Gasteiger partial charge >= 0.3 is 0 Å². The number of nitrogens with two attached hydrogens (primary N) is 1. The summed E-state index contributed by atoms with van der Waals surface area (Å²) in [6.45, 7) is 1.62. The van der Waals surface area contributed by atoms with Gasteiger partial charge in [0.25, 0.3) is 0 Å². The van der Waals surface area contributed by atoms with E-state index in [1.54, 1.807) is 42.6 Å². The molecule has 2 aromatic heterocycles. The fourth-order valence-corrected chi connectivity index (χ4v) is 5.88. The number of aromatic nitrogens is 1. The van der Waals surface area contributed by atoms with Crippen molar-refractivity contribution in [2.75, 3.05) is 24.8 Å². The Morgan fingerprint density at radius 2 is 1.81 bits per heavy atom. The number of pyridine rings is 1. The van der Waals surface area contributed by atoms with E-state index in [1.807, 2.05) is 13.1 Å². The van der Waals surface area contributed by atoms with E-state index in [4.69, 9.17) is 22.1 Å². The highest BCUT2D eigenvalue weighted by Gasteiger charge is 2.28. The molecule has 2 heterocycles. The molecule has 0 fully saturated rings. The maximum atomic E-state index is 15.3. The number of benzene rings is 3. The highest BCUT2D eigenvalue weighted by molar-refractivity contribution is 7.22. The Balaban J connectivity index is 1.35. The zero-order valence-corrected chi connectivity index (χ0v) is 24.3. The summed E-state index contributed by atoms with van der Waals surface area (Å²) in [7, 11) is 2.03. The molecule has 0 aliphatic carbocycles. The maximum absolute atomic E-state index is 15.3. The molecule has 2 amide bonds. The lowest BCUT2D eigenvalue weighted by atomic mass is 9.97. The van der Waals surface area contributed by atoms with E-state index >= 15 is 4.39 Å². The summed E-state index contributed by atoms with van der Waals surface area (Å²) in [5, 5.41) is 2.64. The van der Waals surface area contributed by atoms with Crippen LogP contribution in [0.25, 0.3) is 20.7 Å². The van der Waals surface area contributed by atoms with Crippen LogP contribution in [0.2, 0.25) is 0 Å². The van der Waals surface area contributed by atoms with E-state index in [1.165, 1.54) is 29.0 Å². The molecule has 0 saturated heterocycles. The minimum Gasteiger partial charge on any atom is -0.453 e. The summed E-state index contributed by atoms with van der Waals surface area (Å²) < 4.78 is 22.0. The summed E-state index contributed by atoms with van der Waals surface area (Å²) in [6.07, 6.45) is 1.60. The highest BCUT2D eigenvalue weighted by atomic mass is 35.5.